The number of alkyl halides is 2. The predicted molar refractivity (Wildman–Crippen MR) is 123 cm³/mol. The first kappa shape index (κ1) is 23.1. The largest absolute Gasteiger partial charge is 0.333 e. The Morgan fingerprint density at radius 2 is 1.95 bits per heavy atom. The molecule has 1 aliphatic rings. The van der Waals surface area contributed by atoms with Crippen LogP contribution in [-0.2, 0) is 10.2 Å². The van der Waals surface area contributed by atoms with E-state index in [1.54, 1.807) is 6.92 Å². The molecule has 2 atom stereocenters. The minimum atomic E-state index is -2.84. The summed E-state index contributed by atoms with van der Waals surface area (Å²) in [6.45, 7) is -1.07. The molecule has 0 fully saturated rings. The predicted octanol–water partition coefficient (Wildman–Crippen LogP) is 3.52. The lowest BCUT2D eigenvalue weighted by Crippen LogP contribution is -2.25. The Morgan fingerprint density at radius 1 is 1.16 bits per heavy atom. The molecular weight excluding hydrogens is 513 g/mol. The number of anilines is 1. The summed E-state index contributed by atoms with van der Waals surface area (Å²) in [7, 11) is 0. The summed E-state index contributed by atoms with van der Waals surface area (Å²) in [5.74, 6) is -1.66. The second kappa shape index (κ2) is 8.37. The summed E-state index contributed by atoms with van der Waals surface area (Å²) < 4.78 is 42.5. The number of pyridine rings is 1. The first-order valence-electron chi connectivity index (χ1n) is 10.9. The van der Waals surface area contributed by atoms with Gasteiger partial charge in [-0.15, -0.1) is 9.90 Å². The quantitative estimate of drug-likeness (QED) is 0.370. The van der Waals surface area contributed by atoms with Crippen LogP contribution in [-0.4, -0.2) is 50.3 Å². The third-order valence-electron chi connectivity index (χ3n) is 6.44. The van der Waals surface area contributed by atoms with Crippen LogP contribution >= 0.6 is 11.6 Å². The Bertz CT molecular complexity index is 1650. The van der Waals surface area contributed by atoms with Gasteiger partial charge in [-0.05, 0) is 19.4 Å². The van der Waals surface area contributed by atoms with Gasteiger partial charge in [0.25, 0.3) is 0 Å². The molecule has 0 radical (unpaired) electrons. The van der Waals surface area contributed by atoms with Gasteiger partial charge in [-0.2, -0.15) is 28.5 Å². The van der Waals surface area contributed by atoms with E-state index in [0.29, 0.717) is 27.2 Å². The lowest BCUT2D eigenvalue weighted by molar-refractivity contribution is -0.117. The number of nitrogens with zero attached hydrogens (tertiary/aromatic N) is 9. The molecule has 5 heterocycles. The first-order valence-corrected chi connectivity index (χ1v) is 11.3. The Hall–Kier alpha value is -4.33. The normalized spacial score (nSPS) is 19.0. The molecule has 0 saturated heterocycles. The number of carbonyl (C=O) groups excluding carboxylic acids is 1. The Kier molecular flexibility index (Phi) is 5.22. The Balaban J connectivity index is 1.38. The molecule has 0 bridgehead atoms. The maximum atomic E-state index is 14.1. The van der Waals surface area contributed by atoms with Crippen LogP contribution in [0.15, 0.2) is 49.3 Å². The molecule has 188 valence electrons. The number of amides is 1. The number of aromatic nitrogens is 9. The van der Waals surface area contributed by atoms with Gasteiger partial charge in [-0.3, -0.25) is 4.79 Å². The molecule has 1 N–H and O–H groups in total. The molecule has 6 rings (SSSR count). The lowest BCUT2D eigenvalue weighted by Gasteiger charge is -2.24. The molecule has 0 unspecified atom stereocenters. The van der Waals surface area contributed by atoms with Crippen LogP contribution in [0.3, 0.4) is 0 Å². The van der Waals surface area contributed by atoms with Gasteiger partial charge in [0.05, 0.1) is 47.1 Å². The minimum absolute atomic E-state index is 0.168. The van der Waals surface area contributed by atoms with Gasteiger partial charge in [-0.1, -0.05) is 11.6 Å². The number of fused-ring (bicyclic) bond motifs is 3. The van der Waals surface area contributed by atoms with E-state index < -0.39 is 29.7 Å². The van der Waals surface area contributed by atoms with E-state index in [-0.39, 0.29) is 22.9 Å². The van der Waals surface area contributed by atoms with E-state index in [1.807, 2.05) is 0 Å². The van der Waals surface area contributed by atoms with Crippen LogP contribution in [0.5, 0.6) is 0 Å². The fraction of sp³-hybridized carbons (Fsp3) is 0.227. The highest BCUT2D eigenvalue weighted by Crippen LogP contribution is 2.50. The first-order chi connectivity index (χ1) is 17.7. The highest BCUT2D eigenvalue weighted by Gasteiger charge is 2.48. The molecule has 11 nitrogen and oxygen atoms in total. The maximum absolute atomic E-state index is 14.1. The average molecular weight is 529 g/mol. The Labute approximate surface area is 210 Å². The summed E-state index contributed by atoms with van der Waals surface area (Å²) in [4.78, 5) is 23.2. The smallest absolute Gasteiger partial charge is 0.324 e. The number of hydrogen-bond donors (Lipinski definition) is 1. The second-order valence-electron chi connectivity index (χ2n) is 8.71. The molecule has 5 aromatic rings. The summed E-state index contributed by atoms with van der Waals surface area (Å²) in [5.41, 5.74) is 0.918. The summed E-state index contributed by atoms with van der Waals surface area (Å²) in [6, 6.07) is 2.66. The zero-order valence-electron chi connectivity index (χ0n) is 18.9. The van der Waals surface area contributed by atoms with Gasteiger partial charge >= 0.3 is 6.55 Å². The summed E-state index contributed by atoms with van der Waals surface area (Å²) in [6.07, 6.45) is 8.54. The second-order valence-corrected chi connectivity index (χ2v) is 9.12. The fourth-order valence-electron chi connectivity index (χ4n) is 4.76. The van der Waals surface area contributed by atoms with E-state index in [9.17, 15) is 18.0 Å². The molecule has 0 aliphatic heterocycles. The highest BCUT2D eigenvalue weighted by atomic mass is 35.5. The van der Waals surface area contributed by atoms with E-state index in [4.69, 9.17) is 11.6 Å². The van der Waals surface area contributed by atoms with Crippen molar-refractivity contribution in [3.63, 3.8) is 0 Å². The monoisotopic (exact) mass is 528 g/mol. The third-order valence-corrected chi connectivity index (χ3v) is 6.72. The van der Waals surface area contributed by atoms with E-state index in [1.165, 1.54) is 52.6 Å². The van der Waals surface area contributed by atoms with E-state index in [0.717, 1.165) is 6.07 Å². The van der Waals surface area contributed by atoms with Crippen molar-refractivity contribution in [2.75, 3.05) is 5.32 Å². The Morgan fingerprint density at radius 3 is 2.65 bits per heavy atom. The van der Waals surface area contributed by atoms with Crippen molar-refractivity contribution in [1.82, 2.24) is 44.4 Å². The standard InChI is InChI=1S/C22H16ClF3N10O/c1-22(11-7-31-34(10-11)21(25)26)6-13(14-9-27-17-5-16(24)33-35(17)18(14)22)20(37)32-12-4-15(23)19(28-8-12)36-29-2-3-30-36/h2-5,7-10,13,21H,6H2,1H3,(H,32,37)/t13-,22+/m1/s1. The molecule has 0 aromatic carbocycles. The van der Waals surface area contributed by atoms with Gasteiger partial charge in [0, 0.05) is 35.0 Å². The topological polar surface area (TPSA) is 121 Å². The van der Waals surface area contributed by atoms with Crippen molar-refractivity contribution in [1.29, 1.82) is 0 Å². The highest BCUT2D eigenvalue weighted by molar-refractivity contribution is 6.32. The number of carbonyl (C=O) groups is 1. The van der Waals surface area contributed by atoms with Crippen molar-refractivity contribution >= 4 is 28.8 Å². The maximum Gasteiger partial charge on any atom is 0.333 e. The lowest BCUT2D eigenvalue weighted by atomic mass is 9.80. The van der Waals surface area contributed by atoms with Gasteiger partial charge in [0.15, 0.2) is 11.5 Å². The summed E-state index contributed by atoms with van der Waals surface area (Å²) in [5, 5.41) is 18.6. The molecule has 0 saturated carbocycles. The molecular formula is C22H16ClF3N10O. The van der Waals surface area contributed by atoms with Gasteiger partial charge in [0.2, 0.25) is 11.9 Å². The zero-order chi connectivity index (χ0) is 25.9. The summed E-state index contributed by atoms with van der Waals surface area (Å²) >= 11 is 6.32. The van der Waals surface area contributed by atoms with Crippen molar-refractivity contribution in [2.45, 2.75) is 31.2 Å². The number of halogens is 4. The van der Waals surface area contributed by atoms with Crippen molar-refractivity contribution in [3.8, 4) is 5.82 Å². The van der Waals surface area contributed by atoms with Crippen LogP contribution < -0.4 is 5.32 Å². The van der Waals surface area contributed by atoms with Crippen LogP contribution in [0, 0.1) is 5.95 Å². The fourth-order valence-corrected chi connectivity index (χ4v) is 5.00. The minimum Gasteiger partial charge on any atom is -0.324 e. The number of hydrogen-bond acceptors (Lipinski definition) is 7. The van der Waals surface area contributed by atoms with Crippen molar-refractivity contribution in [2.24, 2.45) is 0 Å². The van der Waals surface area contributed by atoms with E-state index >= 15 is 0 Å². The van der Waals surface area contributed by atoms with E-state index in [2.05, 4.69) is 35.7 Å². The molecule has 37 heavy (non-hydrogen) atoms. The van der Waals surface area contributed by atoms with Gasteiger partial charge in [0.1, 0.15) is 0 Å². The molecule has 1 amide bonds. The molecule has 15 heteroatoms. The third kappa shape index (κ3) is 3.71. The molecule has 1 aliphatic carbocycles. The van der Waals surface area contributed by atoms with Crippen molar-refractivity contribution < 1.29 is 18.0 Å². The molecule has 0 spiro atoms. The van der Waals surface area contributed by atoms with Crippen molar-refractivity contribution in [3.05, 3.63) is 77.1 Å². The van der Waals surface area contributed by atoms with Crippen LogP contribution in [0.4, 0.5) is 18.9 Å². The SMILES string of the molecule is C[C@@]1(c2cnn(C(F)F)c2)C[C@@H](C(=O)Nc2cnc(-n3nccn3)c(Cl)c2)c2cnc3cc(F)nn3c21. The average Bonchev–Trinajstić information content (AvgIpc) is 3.64. The van der Waals surface area contributed by atoms with Crippen LogP contribution in [0.2, 0.25) is 5.02 Å². The number of nitrogens with one attached hydrogen (secondary N) is 1. The van der Waals surface area contributed by atoms with Crippen LogP contribution in [0.1, 0.15) is 42.6 Å². The molecule has 5 aromatic heterocycles. The zero-order valence-corrected chi connectivity index (χ0v) is 19.7. The van der Waals surface area contributed by atoms with Crippen LogP contribution in [0.25, 0.3) is 11.5 Å². The van der Waals surface area contributed by atoms with Gasteiger partial charge in [-0.25, -0.2) is 19.2 Å². The number of rotatable bonds is 5. The van der Waals surface area contributed by atoms with Gasteiger partial charge < -0.3 is 5.32 Å².